The summed E-state index contributed by atoms with van der Waals surface area (Å²) >= 11 is 0. The first-order valence-corrected chi connectivity index (χ1v) is 4.80. The van der Waals surface area contributed by atoms with Gasteiger partial charge in [0.2, 0.25) is 0 Å². The van der Waals surface area contributed by atoms with Crippen LogP contribution < -0.4 is 10.5 Å². The lowest BCUT2D eigenvalue weighted by Gasteiger charge is -2.08. The molecule has 1 aromatic carbocycles. The molecule has 2 N–H and O–H groups in total. The molecule has 0 radical (unpaired) electrons. The van der Waals surface area contributed by atoms with E-state index in [4.69, 9.17) is 10.5 Å². The summed E-state index contributed by atoms with van der Waals surface area (Å²) in [7, 11) is 0. The van der Waals surface area contributed by atoms with Crippen LogP contribution in [0.2, 0.25) is 0 Å². The van der Waals surface area contributed by atoms with Gasteiger partial charge in [0.25, 0.3) is 0 Å². The van der Waals surface area contributed by atoms with E-state index in [1.165, 1.54) is 6.07 Å². The van der Waals surface area contributed by atoms with Gasteiger partial charge in [-0.05, 0) is 38.0 Å². The summed E-state index contributed by atoms with van der Waals surface area (Å²) in [5, 5.41) is 0. The van der Waals surface area contributed by atoms with Gasteiger partial charge in [-0.25, -0.2) is 4.39 Å². The van der Waals surface area contributed by atoms with E-state index >= 15 is 0 Å². The van der Waals surface area contributed by atoms with Crippen molar-refractivity contribution in [1.29, 1.82) is 0 Å². The summed E-state index contributed by atoms with van der Waals surface area (Å²) in [6.07, 6.45) is 0.684. The van der Waals surface area contributed by atoms with Gasteiger partial charge in [0.05, 0.1) is 6.61 Å². The van der Waals surface area contributed by atoms with Crippen molar-refractivity contribution in [2.45, 2.75) is 26.3 Å². The maximum atomic E-state index is 13.3. The first-order chi connectivity index (χ1) is 6.63. The highest BCUT2D eigenvalue weighted by Gasteiger charge is 2.05. The number of ether oxygens (including phenoxy) is 1. The fraction of sp³-hybridized carbons (Fsp3) is 0.455. The van der Waals surface area contributed by atoms with E-state index in [2.05, 4.69) is 0 Å². The Morgan fingerprint density at radius 3 is 2.60 bits per heavy atom. The molecule has 0 heterocycles. The highest BCUT2D eigenvalue weighted by molar-refractivity contribution is 5.85. The molecule has 0 aliphatic heterocycles. The van der Waals surface area contributed by atoms with E-state index in [1.807, 2.05) is 19.9 Å². The van der Waals surface area contributed by atoms with Gasteiger partial charge in [-0.3, -0.25) is 0 Å². The highest BCUT2D eigenvalue weighted by Crippen LogP contribution is 2.18. The summed E-state index contributed by atoms with van der Waals surface area (Å²) in [4.78, 5) is 0. The minimum absolute atomic E-state index is 0. The molecule has 0 aromatic heterocycles. The Morgan fingerprint density at radius 1 is 1.47 bits per heavy atom. The van der Waals surface area contributed by atoms with Gasteiger partial charge in [0, 0.05) is 6.04 Å². The van der Waals surface area contributed by atoms with Gasteiger partial charge in [-0.2, -0.15) is 0 Å². The van der Waals surface area contributed by atoms with E-state index in [-0.39, 0.29) is 24.3 Å². The second-order valence-corrected chi connectivity index (χ2v) is 3.38. The molecule has 1 rings (SSSR count). The Labute approximate surface area is 96.0 Å². The number of hydrogen-bond donors (Lipinski definition) is 1. The second-order valence-electron chi connectivity index (χ2n) is 3.38. The molecule has 4 heteroatoms. The lowest BCUT2D eigenvalue weighted by Crippen LogP contribution is -2.17. The molecule has 0 aliphatic carbocycles. The quantitative estimate of drug-likeness (QED) is 0.868. The number of rotatable bonds is 4. The van der Waals surface area contributed by atoms with Crippen LogP contribution in [0.15, 0.2) is 18.2 Å². The summed E-state index contributed by atoms with van der Waals surface area (Å²) in [6.45, 7) is 4.20. The van der Waals surface area contributed by atoms with E-state index in [0.29, 0.717) is 18.8 Å². The van der Waals surface area contributed by atoms with Crippen LogP contribution in [0.3, 0.4) is 0 Å². The molecule has 0 saturated carbocycles. The molecule has 1 atom stereocenters. The van der Waals surface area contributed by atoms with Crippen LogP contribution >= 0.6 is 12.4 Å². The molecule has 0 fully saturated rings. The first kappa shape index (κ1) is 14.2. The fourth-order valence-corrected chi connectivity index (χ4v) is 1.32. The minimum atomic E-state index is -0.315. The molecule has 0 amide bonds. The monoisotopic (exact) mass is 233 g/mol. The Kier molecular flexibility index (Phi) is 6.29. The van der Waals surface area contributed by atoms with Gasteiger partial charge < -0.3 is 10.5 Å². The Hall–Kier alpha value is -0.800. The fourth-order valence-electron chi connectivity index (χ4n) is 1.32. The van der Waals surface area contributed by atoms with Crippen LogP contribution in [-0.2, 0) is 6.42 Å². The zero-order chi connectivity index (χ0) is 10.6. The molecule has 0 saturated heterocycles. The van der Waals surface area contributed by atoms with Crippen LogP contribution in [0.1, 0.15) is 19.4 Å². The zero-order valence-electron chi connectivity index (χ0n) is 9.00. The van der Waals surface area contributed by atoms with Crippen molar-refractivity contribution in [2.24, 2.45) is 5.73 Å². The molecule has 0 aliphatic rings. The maximum Gasteiger partial charge on any atom is 0.165 e. The molecule has 86 valence electrons. The average Bonchev–Trinajstić information content (AvgIpc) is 2.09. The van der Waals surface area contributed by atoms with E-state index in [1.54, 1.807) is 6.07 Å². The average molecular weight is 234 g/mol. The van der Waals surface area contributed by atoms with Gasteiger partial charge in [0.15, 0.2) is 11.6 Å². The lowest BCUT2D eigenvalue weighted by molar-refractivity contribution is 0.321. The second kappa shape index (κ2) is 6.64. The first-order valence-electron chi connectivity index (χ1n) is 4.80. The largest absolute Gasteiger partial charge is 0.491 e. The SMILES string of the molecule is CCOc1ccc(CC(C)N)cc1F.Cl. The summed E-state index contributed by atoms with van der Waals surface area (Å²) in [5.74, 6) is -0.00840. The van der Waals surface area contributed by atoms with E-state index < -0.39 is 0 Å². The topological polar surface area (TPSA) is 35.2 Å². The van der Waals surface area contributed by atoms with Crippen molar-refractivity contribution < 1.29 is 9.13 Å². The summed E-state index contributed by atoms with van der Waals surface area (Å²) in [6, 6.07) is 5.02. The van der Waals surface area contributed by atoms with Crippen LogP contribution in [-0.4, -0.2) is 12.6 Å². The standard InChI is InChI=1S/C11H16FNO.ClH/c1-3-14-11-5-4-9(6-8(2)13)7-10(11)12;/h4-5,7-8H,3,6,13H2,1-2H3;1H. The van der Waals surface area contributed by atoms with Crippen molar-refractivity contribution in [3.05, 3.63) is 29.6 Å². The molecular formula is C11H17ClFNO. The minimum Gasteiger partial charge on any atom is -0.491 e. The Balaban J connectivity index is 0.00000196. The van der Waals surface area contributed by atoms with Crippen LogP contribution in [0, 0.1) is 5.82 Å². The lowest BCUT2D eigenvalue weighted by atomic mass is 10.1. The smallest absolute Gasteiger partial charge is 0.165 e. The van der Waals surface area contributed by atoms with Crippen LogP contribution in [0.25, 0.3) is 0 Å². The third-order valence-corrected chi connectivity index (χ3v) is 1.85. The van der Waals surface area contributed by atoms with Crippen molar-refractivity contribution >= 4 is 12.4 Å². The number of hydrogen-bond acceptors (Lipinski definition) is 2. The van der Waals surface area contributed by atoms with Gasteiger partial charge in [0.1, 0.15) is 0 Å². The normalized spacial score (nSPS) is 11.7. The van der Waals surface area contributed by atoms with Crippen LogP contribution in [0.5, 0.6) is 5.75 Å². The third-order valence-electron chi connectivity index (χ3n) is 1.85. The Morgan fingerprint density at radius 2 is 2.13 bits per heavy atom. The van der Waals surface area contributed by atoms with E-state index in [0.717, 1.165) is 5.56 Å². The molecule has 15 heavy (non-hydrogen) atoms. The molecule has 2 nitrogen and oxygen atoms in total. The molecule has 1 unspecified atom stereocenters. The van der Waals surface area contributed by atoms with Crippen LogP contribution in [0.4, 0.5) is 4.39 Å². The van der Waals surface area contributed by atoms with Crippen molar-refractivity contribution in [3.8, 4) is 5.75 Å². The van der Waals surface area contributed by atoms with E-state index in [9.17, 15) is 4.39 Å². The molecule has 0 bridgehead atoms. The zero-order valence-corrected chi connectivity index (χ0v) is 9.81. The summed E-state index contributed by atoms with van der Waals surface area (Å²) in [5.41, 5.74) is 6.52. The number of benzene rings is 1. The molecular weight excluding hydrogens is 217 g/mol. The predicted molar refractivity (Wildman–Crippen MR) is 62.2 cm³/mol. The molecule has 1 aromatic rings. The maximum absolute atomic E-state index is 13.3. The number of nitrogens with two attached hydrogens (primary N) is 1. The molecule has 0 spiro atoms. The van der Waals surface area contributed by atoms with Crippen molar-refractivity contribution in [2.75, 3.05) is 6.61 Å². The van der Waals surface area contributed by atoms with Gasteiger partial charge >= 0.3 is 0 Å². The van der Waals surface area contributed by atoms with Crippen molar-refractivity contribution in [1.82, 2.24) is 0 Å². The predicted octanol–water partition coefficient (Wildman–Crippen LogP) is 2.54. The van der Waals surface area contributed by atoms with Gasteiger partial charge in [-0.1, -0.05) is 6.07 Å². The van der Waals surface area contributed by atoms with Gasteiger partial charge in [-0.15, -0.1) is 12.4 Å². The third kappa shape index (κ3) is 4.49. The Bertz CT molecular complexity index is 305. The number of halogens is 2. The highest BCUT2D eigenvalue weighted by atomic mass is 35.5. The summed E-state index contributed by atoms with van der Waals surface area (Å²) < 4.78 is 18.4. The van der Waals surface area contributed by atoms with Crippen molar-refractivity contribution in [3.63, 3.8) is 0 Å².